The van der Waals surface area contributed by atoms with Gasteiger partial charge in [-0.2, -0.15) is 0 Å². The van der Waals surface area contributed by atoms with Gasteiger partial charge in [0.2, 0.25) is 0 Å². The van der Waals surface area contributed by atoms with Gasteiger partial charge in [-0.05, 0) is 12.8 Å². The molecule has 1 unspecified atom stereocenters. The van der Waals surface area contributed by atoms with Gasteiger partial charge in [-0.15, -0.1) is 0 Å². The molecule has 0 aromatic rings. The first-order valence-electron chi connectivity index (χ1n) is 1.84. The smallest absolute Gasteiger partial charge is 0.0115 e. The highest BCUT2D eigenvalue weighted by Crippen LogP contribution is 2.27. The molecule has 0 aromatic carbocycles. The van der Waals surface area contributed by atoms with Gasteiger partial charge >= 0.3 is 0 Å². The molecule has 0 aliphatic rings. The van der Waals surface area contributed by atoms with Gasteiger partial charge in [-0.1, -0.05) is 6.92 Å². The first-order valence-corrected chi connectivity index (χ1v) is 4.09. The third kappa shape index (κ3) is 4.19. The Morgan fingerprint density at radius 1 is 1.83 bits per heavy atom. The molecule has 6 heavy (non-hydrogen) atoms. The molecule has 38 valence electrons. The summed E-state index contributed by atoms with van der Waals surface area (Å²) in [5.41, 5.74) is 0. The van der Waals surface area contributed by atoms with Crippen molar-refractivity contribution in [2.45, 2.75) is 6.92 Å². The SMILES string of the molecule is CCP(C)(=O)[O-]. The summed E-state index contributed by atoms with van der Waals surface area (Å²) in [6.07, 6.45) is 0.271. The lowest BCUT2D eigenvalue weighted by Crippen LogP contribution is -1.98. The van der Waals surface area contributed by atoms with Gasteiger partial charge in [0.1, 0.15) is 0 Å². The summed E-state index contributed by atoms with van der Waals surface area (Å²) in [5, 5.41) is 0. The van der Waals surface area contributed by atoms with E-state index >= 15 is 0 Å². The van der Waals surface area contributed by atoms with E-state index in [1.54, 1.807) is 6.92 Å². The molecule has 3 heteroatoms. The minimum atomic E-state index is -2.90. The topological polar surface area (TPSA) is 40.1 Å². The van der Waals surface area contributed by atoms with Crippen molar-refractivity contribution in [1.29, 1.82) is 0 Å². The standard InChI is InChI=1S/C3H9O2P/c1-3-6(2,4)5/h3H2,1-2H3,(H,4,5)/p-1. The Balaban J connectivity index is 3.48. The van der Waals surface area contributed by atoms with Gasteiger partial charge < -0.3 is 9.46 Å². The van der Waals surface area contributed by atoms with Gasteiger partial charge in [0.05, 0.1) is 0 Å². The van der Waals surface area contributed by atoms with Crippen molar-refractivity contribution >= 4 is 7.37 Å². The Hall–Kier alpha value is 0.190. The lowest BCUT2D eigenvalue weighted by Gasteiger charge is -2.12. The van der Waals surface area contributed by atoms with Crippen molar-refractivity contribution in [2.24, 2.45) is 0 Å². The third-order valence-corrected chi connectivity index (χ3v) is 1.72. The summed E-state index contributed by atoms with van der Waals surface area (Å²) < 4.78 is 10.0. The average molecular weight is 107 g/mol. The van der Waals surface area contributed by atoms with Crippen LogP contribution in [-0.4, -0.2) is 12.8 Å². The van der Waals surface area contributed by atoms with Crippen molar-refractivity contribution in [3.63, 3.8) is 0 Å². The predicted molar refractivity (Wildman–Crippen MR) is 24.1 cm³/mol. The molecule has 0 aromatic heterocycles. The van der Waals surface area contributed by atoms with Gasteiger partial charge in [0, 0.05) is 7.37 Å². The highest BCUT2D eigenvalue weighted by molar-refractivity contribution is 7.55. The normalized spacial score (nSPS) is 19.8. The second-order valence-electron chi connectivity index (χ2n) is 1.33. The first kappa shape index (κ1) is 6.19. The molecule has 0 aliphatic heterocycles. The fourth-order valence-corrected chi connectivity index (χ4v) is 0. The Bertz CT molecular complexity index is 72.9. The largest absolute Gasteiger partial charge is 0.799 e. The van der Waals surface area contributed by atoms with Crippen molar-refractivity contribution in [2.75, 3.05) is 12.8 Å². The number of hydrogen-bond donors (Lipinski definition) is 0. The van der Waals surface area contributed by atoms with Gasteiger partial charge in [-0.3, -0.25) is 0 Å². The van der Waals surface area contributed by atoms with Crippen LogP contribution in [0.15, 0.2) is 0 Å². The van der Waals surface area contributed by atoms with Crippen molar-refractivity contribution in [3.8, 4) is 0 Å². The molecule has 0 saturated carbocycles. The van der Waals surface area contributed by atoms with Crippen LogP contribution in [0.3, 0.4) is 0 Å². The molecule has 0 spiro atoms. The van der Waals surface area contributed by atoms with E-state index in [0.717, 1.165) is 0 Å². The minimum absolute atomic E-state index is 0.271. The summed E-state index contributed by atoms with van der Waals surface area (Å²) in [4.78, 5) is 10.0. The second kappa shape index (κ2) is 1.76. The highest BCUT2D eigenvalue weighted by atomic mass is 31.2. The molecular weight excluding hydrogens is 99.0 g/mol. The van der Waals surface area contributed by atoms with Gasteiger partial charge in [0.15, 0.2) is 0 Å². The van der Waals surface area contributed by atoms with Crippen LogP contribution >= 0.6 is 7.37 Å². The van der Waals surface area contributed by atoms with E-state index in [0.29, 0.717) is 0 Å². The van der Waals surface area contributed by atoms with Crippen LogP contribution < -0.4 is 4.89 Å². The molecule has 0 bridgehead atoms. The van der Waals surface area contributed by atoms with E-state index in [4.69, 9.17) is 0 Å². The molecule has 0 fully saturated rings. The number of hydrogen-bond acceptors (Lipinski definition) is 2. The molecule has 0 saturated heterocycles. The number of rotatable bonds is 1. The summed E-state index contributed by atoms with van der Waals surface area (Å²) >= 11 is 0. The molecule has 0 rings (SSSR count). The lowest BCUT2D eigenvalue weighted by atomic mass is 11.0. The van der Waals surface area contributed by atoms with Crippen molar-refractivity contribution in [1.82, 2.24) is 0 Å². The van der Waals surface area contributed by atoms with Crippen molar-refractivity contribution in [3.05, 3.63) is 0 Å². The molecule has 0 N–H and O–H groups in total. The summed E-state index contributed by atoms with van der Waals surface area (Å²) in [6, 6.07) is 0. The fourth-order valence-electron chi connectivity index (χ4n) is 0. The monoisotopic (exact) mass is 107 g/mol. The second-order valence-corrected chi connectivity index (χ2v) is 3.99. The zero-order valence-electron chi connectivity index (χ0n) is 3.97. The van der Waals surface area contributed by atoms with Gasteiger partial charge in [-0.25, -0.2) is 0 Å². The summed E-state index contributed by atoms with van der Waals surface area (Å²) in [6.45, 7) is 2.88. The van der Waals surface area contributed by atoms with E-state index in [1.165, 1.54) is 6.66 Å². The Morgan fingerprint density at radius 2 is 2.00 bits per heavy atom. The molecule has 0 amide bonds. The van der Waals surface area contributed by atoms with Crippen molar-refractivity contribution < 1.29 is 9.46 Å². The third-order valence-electron chi connectivity index (χ3n) is 0.574. The van der Waals surface area contributed by atoms with Crippen LogP contribution in [0.2, 0.25) is 0 Å². The van der Waals surface area contributed by atoms with Crippen LogP contribution in [0.25, 0.3) is 0 Å². The van der Waals surface area contributed by atoms with E-state index < -0.39 is 7.37 Å². The lowest BCUT2D eigenvalue weighted by molar-refractivity contribution is -0.173. The van der Waals surface area contributed by atoms with E-state index in [9.17, 15) is 9.46 Å². The predicted octanol–water partition coefficient (Wildman–Crippen LogP) is 0.274. The molecule has 0 aliphatic carbocycles. The van der Waals surface area contributed by atoms with Crippen LogP contribution in [0.1, 0.15) is 6.92 Å². The van der Waals surface area contributed by atoms with E-state index in [1.807, 2.05) is 0 Å². The molecule has 2 nitrogen and oxygen atoms in total. The van der Waals surface area contributed by atoms with Crippen LogP contribution in [0.4, 0.5) is 0 Å². The minimum Gasteiger partial charge on any atom is -0.799 e. The molecule has 1 atom stereocenters. The van der Waals surface area contributed by atoms with E-state index in [-0.39, 0.29) is 6.16 Å². The first-order chi connectivity index (χ1) is 2.56. The zero-order valence-corrected chi connectivity index (χ0v) is 4.87. The van der Waals surface area contributed by atoms with E-state index in [2.05, 4.69) is 0 Å². The molecule has 0 radical (unpaired) electrons. The van der Waals surface area contributed by atoms with Crippen LogP contribution in [0, 0.1) is 0 Å². The maximum Gasteiger partial charge on any atom is 0.0115 e. The highest BCUT2D eigenvalue weighted by Gasteiger charge is 1.87. The maximum atomic E-state index is 10.0. The molecule has 0 heterocycles. The summed E-state index contributed by atoms with van der Waals surface area (Å²) in [5.74, 6) is 0. The Morgan fingerprint density at radius 3 is 2.00 bits per heavy atom. The molecular formula is C3H8O2P-. The quantitative estimate of drug-likeness (QED) is 0.451. The fraction of sp³-hybridized carbons (Fsp3) is 1.00. The maximum absolute atomic E-state index is 10.0. The zero-order chi connectivity index (χ0) is 5.21. The average Bonchev–Trinajstić information content (AvgIpc) is 1.35. The van der Waals surface area contributed by atoms with Gasteiger partial charge in [0.25, 0.3) is 0 Å². The Labute approximate surface area is 37.6 Å². The Kier molecular flexibility index (Phi) is 1.82. The van der Waals surface area contributed by atoms with Crippen LogP contribution in [-0.2, 0) is 4.57 Å². The van der Waals surface area contributed by atoms with Crippen LogP contribution in [0.5, 0.6) is 0 Å². The summed E-state index contributed by atoms with van der Waals surface area (Å²) in [7, 11) is -2.90.